The third-order valence-corrected chi connectivity index (χ3v) is 6.61. The molecule has 118 valence electrons. The molecule has 1 saturated heterocycles. The maximum atomic E-state index is 12.5. The molecule has 3 atom stereocenters. The summed E-state index contributed by atoms with van der Waals surface area (Å²) in [5.41, 5.74) is 0.202. The second-order valence-corrected chi connectivity index (χ2v) is 7.32. The maximum Gasteiger partial charge on any atom is 0.573 e. The fourth-order valence-electron chi connectivity index (χ4n) is 2.35. The molecule has 0 saturated carbocycles. The lowest BCUT2D eigenvalue weighted by Gasteiger charge is -2.34. The average molecular weight is 338 g/mol. The van der Waals surface area contributed by atoms with Gasteiger partial charge in [0.2, 0.25) is 0 Å². The van der Waals surface area contributed by atoms with Gasteiger partial charge < -0.3 is 9.84 Å². The van der Waals surface area contributed by atoms with Crippen LogP contribution >= 0.6 is 23.5 Å². The van der Waals surface area contributed by atoms with Gasteiger partial charge in [-0.3, -0.25) is 0 Å². The van der Waals surface area contributed by atoms with Crippen molar-refractivity contribution in [3.05, 3.63) is 29.8 Å². The first-order chi connectivity index (χ1) is 9.92. The van der Waals surface area contributed by atoms with Crippen LogP contribution in [0.4, 0.5) is 13.2 Å². The number of ether oxygens (including phenoxy) is 1. The van der Waals surface area contributed by atoms with Crippen LogP contribution in [0.15, 0.2) is 24.3 Å². The predicted octanol–water partition coefficient (Wildman–Crippen LogP) is 4.25. The summed E-state index contributed by atoms with van der Waals surface area (Å²) in [5.74, 6) is 1.58. The molecule has 2 rings (SSSR count). The molecule has 0 radical (unpaired) electrons. The number of thioether (sulfide) groups is 2. The molecule has 1 fully saturated rings. The molecule has 2 nitrogen and oxygen atoms in total. The van der Waals surface area contributed by atoms with E-state index in [2.05, 4.69) is 4.74 Å². The number of hydrogen-bond donors (Lipinski definition) is 1. The van der Waals surface area contributed by atoms with E-state index in [1.165, 1.54) is 18.2 Å². The number of alkyl halides is 3. The summed E-state index contributed by atoms with van der Waals surface area (Å²) in [4.78, 5) is 0. The van der Waals surface area contributed by atoms with Crippen LogP contribution in [-0.4, -0.2) is 33.5 Å². The van der Waals surface area contributed by atoms with Crippen LogP contribution < -0.4 is 4.74 Å². The molecule has 0 amide bonds. The molecule has 3 unspecified atom stereocenters. The molecule has 1 aromatic rings. The van der Waals surface area contributed by atoms with Crippen molar-refractivity contribution in [1.82, 2.24) is 0 Å². The highest BCUT2D eigenvalue weighted by atomic mass is 32.2. The van der Waals surface area contributed by atoms with Gasteiger partial charge >= 0.3 is 6.36 Å². The van der Waals surface area contributed by atoms with Crippen LogP contribution in [0.5, 0.6) is 5.75 Å². The van der Waals surface area contributed by atoms with E-state index in [0.29, 0.717) is 0 Å². The minimum absolute atomic E-state index is 0.119. The first-order valence-corrected chi connectivity index (χ1v) is 8.78. The molecular weight excluding hydrogens is 321 g/mol. The Morgan fingerprint density at radius 1 is 1.29 bits per heavy atom. The van der Waals surface area contributed by atoms with E-state index < -0.39 is 12.5 Å². The second kappa shape index (κ2) is 7.15. The molecule has 0 spiro atoms. The van der Waals surface area contributed by atoms with Gasteiger partial charge in [-0.25, -0.2) is 0 Å². The molecule has 1 heterocycles. The monoisotopic (exact) mass is 338 g/mol. The van der Waals surface area contributed by atoms with Crippen LogP contribution in [0, 0.1) is 0 Å². The topological polar surface area (TPSA) is 29.5 Å². The number of rotatable bonds is 4. The molecule has 0 aromatic heterocycles. The van der Waals surface area contributed by atoms with E-state index in [1.54, 1.807) is 29.6 Å². The smallest absolute Gasteiger partial charge is 0.405 e. The van der Waals surface area contributed by atoms with Gasteiger partial charge in [-0.1, -0.05) is 25.1 Å². The number of hydrogen-bond acceptors (Lipinski definition) is 4. The van der Waals surface area contributed by atoms with Gasteiger partial charge in [-0.2, -0.15) is 23.5 Å². The summed E-state index contributed by atoms with van der Waals surface area (Å²) in [6.07, 6.45) is -4.85. The second-order valence-electron chi connectivity index (χ2n) is 4.68. The molecule has 0 aliphatic carbocycles. The minimum Gasteiger partial charge on any atom is -0.405 e. The van der Waals surface area contributed by atoms with Crippen molar-refractivity contribution in [3.63, 3.8) is 0 Å². The normalized spacial score (nSPS) is 24.6. The van der Waals surface area contributed by atoms with Gasteiger partial charge in [0.25, 0.3) is 0 Å². The van der Waals surface area contributed by atoms with Crippen molar-refractivity contribution in [2.45, 2.75) is 36.3 Å². The van der Waals surface area contributed by atoms with Crippen LogP contribution in [0.25, 0.3) is 0 Å². The summed E-state index contributed by atoms with van der Waals surface area (Å²) in [6, 6.07) is 5.83. The number of aliphatic hydroxyl groups is 1. The first kappa shape index (κ1) is 16.8. The zero-order valence-corrected chi connectivity index (χ0v) is 13.1. The fraction of sp³-hybridized carbons (Fsp3) is 0.571. The molecule has 1 aromatic carbocycles. The lowest BCUT2D eigenvalue weighted by Crippen LogP contribution is -2.31. The average Bonchev–Trinajstić information content (AvgIpc) is 2.45. The SMILES string of the molecule is CCC1SCCSC1C(O)c1ccccc1OC(F)(F)F. The first-order valence-electron chi connectivity index (χ1n) is 6.68. The highest BCUT2D eigenvalue weighted by Gasteiger charge is 2.36. The van der Waals surface area contributed by atoms with Gasteiger partial charge in [0, 0.05) is 27.6 Å². The van der Waals surface area contributed by atoms with Gasteiger partial charge in [0.1, 0.15) is 5.75 Å². The van der Waals surface area contributed by atoms with E-state index in [1.807, 2.05) is 6.92 Å². The third kappa shape index (κ3) is 4.47. The maximum absolute atomic E-state index is 12.5. The van der Waals surface area contributed by atoms with Gasteiger partial charge in [0.15, 0.2) is 0 Å². The summed E-state index contributed by atoms with van der Waals surface area (Å²) >= 11 is 3.39. The lowest BCUT2D eigenvalue weighted by molar-refractivity contribution is -0.275. The van der Waals surface area contributed by atoms with Crippen molar-refractivity contribution >= 4 is 23.5 Å². The highest BCUT2D eigenvalue weighted by Crippen LogP contribution is 2.42. The van der Waals surface area contributed by atoms with E-state index in [9.17, 15) is 18.3 Å². The molecule has 21 heavy (non-hydrogen) atoms. The molecule has 0 bridgehead atoms. The Hall–Kier alpha value is -0.530. The molecule has 1 aliphatic heterocycles. The number of benzene rings is 1. The van der Waals surface area contributed by atoms with Crippen molar-refractivity contribution in [3.8, 4) is 5.75 Å². The van der Waals surface area contributed by atoms with Crippen LogP contribution in [-0.2, 0) is 0 Å². The Kier molecular flexibility index (Phi) is 5.73. The largest absolute Gasteiger partial charge is 0.573 e. The van der Waals surface area contributed by atoms with Crippen LogP contribution in [0.1, 0.15) is 25.0 Å². The van der Waals surface area contributed by atoms with Crippen molar-refractivity contribution < 1.29 is 23.0 Å². The Balaban J connectivity index is 2.23. The van der Waals surface area contributed by atoms with E-state index >= 15 is 0 Å². The van der Waals surface area contributed by atoms with Crippen molar-refractivity contribution in [2.24, 2.45) is 0 Å². The minimum atomic E-state index is -4.76. The zero-order valence-electron chi connectivity index (χ0n) is 11.5. The van der Waals surface area contributed by atoms with Crippen LogP contribution in [0.2, 0.25) is 0 Å². The molecule has 1 N–H and O–H groups in total. The third-order valence-electron chi connectivity index (χ3n) is 3.27. The van der Waals surface area contributed by atoms with Crippen LogP contribution in [0.3, 0.4) is 0 Å². The Morgan fingerprint density at radius 2 is 1.95 bits per heavy atom. The zero-order chi connectivity index (χ0) is 15.5. The van der Waals surface area contributed by atoms with Gasteiger partial charge in [-0.05, 0) is 12.5 Å². The van der Waals surface area contributed by atoms with E-state index in [0.717, 1.165) is 17.9 Å². The Morgan fingerprint density at radius 3 is 2.62 bits per heavy atom. The lowest BCUT2D eigenvalue weighted by atomic mass is 10.0. The number of halogens is 3. The Labute approximate surface area is 130 Å². The van der Waals surface area contributed by atoms with Crippen molar-refractivity contribution in [1.29, 1.82) is 0 Å². The Bertz CT molecular complexity index is 468. The number of para-hydroxylation sites is 1. The summed E-state index contributed by atoms with van der Waals surface area (Å²) in [7, 11) is 0. The summed E-state index contributed by atoms with van der Waals surface area (Å²) in [6.45, 7) is 2.03. The van der Waals surface area contributed by atoms with E-state index in [4.69, 9.17) is 0 Å². The van der Waals surface area contributed by atoms with Gasteiger partial charge in [0.05, 0.1) is 6.10 Å². The summed E-state index contributed by atoms with van der Waals surface area (Å²) < 4.78 is 41.4. The fourth-order valence-corrected chi connectivity index (χ4v) is 5.48. The van der Waals surface area contributed by atoms with E-state index in [-0.39, 0.29) is 21.8 Å². The molecular formula is C14H17F3O2S2. The van der Waals surface area contributed by atoms with Crippen molar-refractivity contribution in [2.75, 3.05) is 11.5 Å². The quantitative estimate of drug-likeness (QED) is 0.889. The number of aliphatic hydroxyl groups excluding tert-OH is 1. The molecule has 7 heteroatoms. The predicted molar refractivity (Wildman–Crippen MR) is 80.9 cm³/mol. The summed E-state index contributed by atoms with van der Waals surface area (Å²) in [5, 5.41) is 10.7. The van der Waals surface area contributed by atoms with Gasteiger partial charge in [-0.15, -0.1) is 13.2 Å². The molecule has 1 aliphatic rings. The highest BCUT2D eigenvalue weighted by molar-refractivity contribution is 8.07. The standard InChI is InChI=1S/C14H17F3O2S2/c1-2-11-13(21-8-7-20-11)12(18)9-5-3-4-6-10(9)19-14(15,16)17/h3-6,11-13,18H,2,7-8H2,1H3.